The molecule has 0 N–H and O–H groups in total. The van der Waals surface area contributed by atoms with Crippen molar-refractivity contribution in [3.8, 4) is 17.2 Å². The Labute approximate surface area is 188 Å². The van der Waals surface area contributed by atoms with Gasteiger partial charge >= 0.3 is 6.36 Å². The SMILES string of the molecule is FC(F)(F)Oc1ccc(Oc2ccc(N3CCC4(CC3)OCCc3sccc34)cc2)cc1. The lowest BCUT2D eigenvalue weighted by atomic mass is 9.82. The number of rotatable bonds is 4. The molecule has 1 spiro atoms. The third kappa shape index (κ3) is 4.42. The smallest absolute Gasteiger partial charge is 0.457 e. The summed E-state index contributed by atoms with van der Waals surface area (Å²) >= 11 is 1.83. The monoisotopic (exact) mass is 461 g/mol. The predicted molar refractivity (Wildman–Crippen MR) is 117 cm³/mol. The molecule has 3 aromatic rings. The molecule has 0 aliphatic carbocycles. The van der Waals surface area contributed by atoms with Crippen LogP contribution in [0.3, 0.4) is 0 Å². The molecule has 1 fully saturated rings. The molecule has 0 radical (unpaired) electrons. The molecular weight excluding hydrogens is 439 g/mol. The molecule has 0 saturated carbocycles. The molecule has 32 heavy (non-hydrogen) atoms. The number of thiophene rings is 1. The van der Waals surface area contributed by atoms with Crippen molar-refractivity contribution in [3.05, 3.63) is 70.4 Å². The van der Waals surface area contributed by atoms with E-state index < -0.39 is 6.36 Å². The molecule has 168 valence electrons. The number of halogens is 3. The molecule has 2 aliphatic rings. The molecule has 0 bridgehead atoms. The second-order valence-corrected chi connectivity index (χ2v) is 8.95. The van der Waals surface area contributed by atoms with Crippen LogP contribution >= 0.6 is 11.3 Å². The van der Waals surface area contributed by atoms with E-state index in [0.717, 1.165) is 44.6 Å². The number of ether oxygens (including phenoxy) is 3. The Morgan fingerprint density at radius 1 is 0.875 bits per heavy atom. The molecule has 1 aromatic heterocycles. The number of hydrogen-bond acceptors (Lipinski definition) is 5. The first-order valence-corrected chi connectivity index (χ1v) is 11.4. The van der Waals surface area contributed by atoms with E-state index in [4.69, 9.17) is 9.47 Å². The Bertz CT molecular complexity index is 1060. The maximum absolute atomic E-state index is 12.3. The molecule has 0 atom stereocenters. The second-order valence-electron chi connectivity index (χ2n) is 7.95. The highest BCUT2D eigenvalue weighted by Crippen LogP contribution is 2.44. The zero-order valence-corrected chi connectivity index (χ0v) is 18.0. The molecule has 5 rings (SSSR count). The molecule has 4 nitrogen and oxygen atoms in total. The van der Waals surface area contributed by atoms with Crippen molar-refractivity contribution in [2.75, 3.05) is 24.6 Å². The minimum Gasteiger partial charge on any atom is -0.457 e. The Morgan fingerprint density at radius 2 is 1.50 bits per heavy atom. The molecular formula is C24H22F3NO3S. The summed E-state index contributed by atoms with van der Waals surface area (Å²) in [6.45, 7) is 2.62. The Morgan fingerprint density at radius 3 is 2.16 bits per heavy atom. The summed E-state index contributed by atoms with van der Waals surface area (Å²) in [5, 5.41) is 2.17. The highest BCUT2D eigenvalue weighted by molar-refractivity contribution is 7.10. The van der Waals surface area contributed by atoms with Gasteiger partial charge in [0.2, 0.25) is 0 Å². The highest BCUT2D eigenvalue weighted by Gasteiger charge is 2.41. The van der Waals surface area contributed by atoms with Crippen molar-refractivity contribution in [2.24, 2.45) is 0 Å². The van der Waals surface area contributed by atoms with Crippen molar-refractivity contribution in [3.63, 3.8) is 0 Å². The summed E-state index contributed by atoms with van der Waals surface area (Å²) in [5.41, 5.74) is 2.35. The van der Waals surface area contributed by atoms with Gasteiger partial charge in [0.05, 0.1) is 12.2 Å². The van der Waals surface area contributed by atoms with Crippen LogP contribution < -0.4 is 14.4 Å². The van der Waals surface area contributed by atoms with Crippen molar-refractivity contribution in [2.45, 2.75) is 31.2 Å². The number of nitrogens with zero attached hydrogens (tertiary/aromatic N) is 1. The van der Waals surface area contributed by atoms with E-state index in [-0.39, 0.29) is 11.4 Å². The Balaban J connectivity index is 1.20. The summed E-state index contributed by atoms with van der Waals surface area (Å²) < 4.78 is 52.7. The maximum Gasteiger partial charge on any atom is 0.573 e. The molecule has 2 aliphatic heterocycles. The summed E-state index contributed by atoms with van der Waals surface area (Å²) in [7, 11) is 0. The van der Waals surface area contributed by atoms with Gasteiger partial charge < -0.3 is 19.1 Å². The lowest BCUT2D eigenvalue weighted by molar-refractivity contribution is -0.274. The van der Waals surface area contributed by atoms with Crippen LogP contribution in [-0.4, -0.2) is 26.1 Å². The van der Waals surface area contributed by atoms with Gasteiger partial charge in [0, 0.05) is 30.1 Å². The van der Waals surface area contributed by atoms with Gasteiger partial charge in [-0.15, -0.1) is 24.5 Å². The molecule has 2 aromatic carbocycles. The minimum absolute atomic E-state index is 0.144. The van der Waals surface area contributed by atoms with Crippen LogP contribution in [0.1, 0.15) is 23.3 Å². The van der Waals surface area contributed by atoms with E-state index in [1.54, 1.807) is 0 Å². The summed E-state index contributed by atoms with van der Waals surface area (Å²) in [6, 6.07) is 15.3. The average molecular weight is 462 g/mol. The fourth-order valence-corrected chi connectivity index (χ4v) is 5.42. The number of fused-ring (bicyclic) bond motifs is 2. The van der Waals surface area contributed by atoms with E-state index in [9.17, 15) is 13.2 Å². The predicted octanol–water partition coefficient (Wildman–Crippen LogP) is 6.51. The van der Waals surface area contributed by atoms with Crippen LogP contribution in [0, 0.1) is 0 Å². The van der Waals surface area contributed by atoms with Crippen LogP contribution in [0.15, 0.2) is 60.0 Å². The van der Waals surface area contributed by atoms with E-state index >= 15 is 0 Å². The number of benzene rings is 2. The minimum atomic E-state index is -4.71. The van der Waals surface area contributed by atoms with Gasteiger partial charge in [-0.3, -0.25) is 0 Å². The van der Waals surface area contributed by atoms with E-state index in [1.807, 2.05) is 35.6 Å². The van der Waals surface area contributed by atoms with Gasteiger partial charge in [0.25, 0.3) is 0 Å². The first kappa shape index (κ1) is 21.2. The van der Waals surface area contributed by atoms with Crippen LogP contribution in [0.4, 0.5) is 18.9 Å². The lowest BCUT2D eigenvalue weighted by Gasteiger charge is -2.44. The van der Waals surface area contributed by atoms with Gasteiger partial charge in [0.15, 0.2) is 0 Å². The topological polar surface area (TPSA) is 30.9 Å². The van der Waals surface area contributed by atoms with Gasteiger partial charge in [-0.1, -0.05) is 0 Å². The van der Waals surface area contributed by atoms with Crippen molar-refractivity contribution < 1.29 is 27.4 Å². The van der Waals surface area contributed by atoms with E-state index in [0.29, 0.717) is 11.5 Å². The standard InChI is InChI=1S/C24H22F3NO3S/c25-24(26,27)31-20-7-5-19(6-8-20)30-18-3-1-17(2-4-18)28-13-11-23(12-14-28)21-10-16-32-22(21)9-15-29-23/h1-8,10,16H,9,11-15H2. The zero-order chi connectivity index (χ0) is 22.2. The van der Waals surface area contributed by atoms with Crippen LogP contribution in [0.2, 0.25) is 0 Å². The highest BCUT2D eigenvalue weighted by atomic mass is 32.1. The van der Waals surface area contributed by atoms with Crippen LogP contribution in [0.25, 0.3) is 0 Å². The van der Waals surface area contributed by atoms with Crippen molar-refractivity contribution in [1.29, 1.82) is 0 Å². The molecule has 0 unspecified atom stereocenters. The van der Waals surface area contributed by atoms with Gasteiger partial charge in [-0.05, 0) is 78.4 Å². The normalized spacial score (nSPS) is 17.8. The largest absolute Gasteiger partial charge is 0.573 e. The van der Waals surface area contributed by atoms with E-state index in [2.05, 4.69) is 21.1 Å². The first-order valence-electron chi connectivity index (χ1n) is 10.5. The maximum atomic E-state index is 12.3. The number of hydrogen-bond donors (Lipinski definition) is 0. The van der Waals surface area contributed by atoms with Crippen molar-refractivity contribution >= 4 is 17.0 Å². The Hall–Kier alpha value is -2.71. The zero-order valence-electron chi connectivity index (χ0n) is 17.2. The second kappa shape index (κ2) is 8.33. The number of anilines is 1. The molecule has 8 heteroatoms. The molecule has 3 heterocycles. The quantitative estimate of drug-likeness (QED) is 0.443. The summed E-state index contributed by atoms with van der Waals surface area (Å²) in [6.07, 6.45) is -1.78. The third-order valence-corrected chi connectivity index (χ3v) is 6.99. The number of alkyl halides is 3. The summed E-state index contributed by atoms with van der Waals surface area (Å²) in [5.74, 6) is 0.776. The van der Waals surface area contributed by atoms with E-state index in [1.165, 1.54) is 34.7 Å². The van der Waals surface area contributed by atoms with Gasteiger partial charge in [-0.25, -0.2) is 0 Å². The third-order valence-electron chi connectivity index (χ3n) is 6.01. The average Bonchev–Trinajstić information content (AvgIpc) is 3.26. The number of piperidine rings is 1. The van der Waals surface area contributed by atoms with Crippen molar-refractivity contribution in [1.82, 2.24) is 0 Å². The van der Waals surface area contributed by atoms with Gasteiger partial charge in [-0.2, -0.15) is 0 Å². The van der Waals surface area contributed by atoms with Crippen LogP contribution in [-0.2, 0) is 16.8 Å². The fraction of sp³-hybridized carbons (Fsp3) is 0.333. The summed E-state index contributed by atoms with van der Waals surface area (Å²) in [4.78, 5) is 3.81. The van der Waals surface area contributed by atoms with Crippen LogP contribution in [0.5, 0.6) is 17.2 Å². The lowest BCUT2D eigenvalue weighted by Crippen LogP contribution is -2.46. The van der Waals surface area contributed by atoms with Gasteiger partial charge in [0.1, 0.15) is 17.2 Å². The molecule has 1 saturated heterocycles. The first-order chi connectivity index (χ1) is 15.4. The fourth-order valence-electron chi connectivity index (χ4n) is 4.47. The molecule has 0 amide bonds. The Kier molecular flexibility index (Phi) is 5.51.